The third-order valence-electron chi connectivity index (χ3n) is 9.12. The van der Waals surface area contributed by atoms with Crippen molar-refractivity contribution >= 4 is 23.8 Å². The second-order valence-corrected chi connectivity index (χ2v) is 13.5. The number of nitrogens with one attached hydrogen (secondary N) is 3. The molecule has 0 aromatic heterocycles. The molecule has 4 fully saturated rings. The predicted molar refractivity (Wildman–Crippen MR) is 135 cm³/mol. The minimum absolute atomic E-state index is 0.000826. The number of piperidine rings is 1. The fourth-order valence-corrected chi connectivity index (χ4v) is 6.34. The normalized spacial score (nSPS) is 29.9. The second-order valence-electron chi connectivity index (χ2n) is 13.5. The third-order valence-corrected chi connectivity index (χ3v) is 9.12. The van der Waals surface area contributed by atoms with Gasteiger partial charge in [-0.05, 0) is 55.3 Å². The Kier molecular flexibility index (Phi) is 7.33. The van der Waals surface area contributed by atoms with Gasteiger partial charge in [-0.15, -0.1) is 0 Å². The van der Waals surface area contributed by atoms with E-state index in [1.807, 2.05) is 13.8 Å². The molecule has 0 aromatic carbocycles. The maximum absolute atomic E-state index is 13.8. The summed E-state index contributed by atoms with van der Waals surface area (Å²) in [7, 11) is 0. The quantitative estimate of drug-likeness (QED) is 0.431. The zero-order chi connectivity index (χ0) is 30.0. The highest BCUT2D eigenvalue weighted by atomic mass is 19.4. The fraction of sp³-hybridized carbons (Fsp3) is 0.815. The summed E-state index contributed by atoms with van der Waals surface area (Å²) in [5.74, 6) is -1.86. The Morgan fingerprint density at radius 3 is 2.33 bits per heavy atom. The van der Waals surface area contributed by atoms with E-state index in [0.717, 1.165) is 12.8 Å². The number of carbonyl (C=O) groups excluding carboxylic acids is 4. The number of alkyl halides is 3. The van der Waals surface area contributed by atoms with Gasteiger partial charge in [-0.3, -0.25) is 14.4 Å². The lowest BCUT2D eigenvalue weighted by atomic mass is 9.85. The summed E-state index contributed by atoms with van der Waals surface area (Å²) in [4.78, 5) is 53.5. The van der Waals surface area contributed by atoms with Gasteiger partial charge in [-0.1, -0.05) is 34.6 Å². The van der Waals surface area contributed by atoms with E-state index in [9.17, 15) is 37.6 Å². The molecule has 3 N–H and O–H groups in total. The van der Waals surface area contributed by atoms with Crippen LogP contribution in [0.15, 0.2) is 0 Å². The molecule has 2 saturated carbocycles. The smallest absolute Gasteiger partial charge is 0.425 e. The van der Waals surface area contributed by atoms with Gasteiger partial charge in [0.1, 0.15) is 18.1 Å². The highest BCUT2D eigenvalue weighted by Gasteiger charge is 2.70. The number of alkyl carbamates (subject to hydrolysis) is 1. The minimum atomic E-state index is -4.76. The van der Waals surface area contributed by atoms with E-state index in [0.29, 0.717) is 13.3 Å². The zero-order valence-corrected chi connectivity index (χ0v) is 23.6. The number of carbonyl (C=O) groups is 4. The van der Waals surface area contributed by atoms with Crippen molar-refractivity contribution in [1.82, 2.24) is 20.9 Å². The molecule has 0 aromatic rings. The molecular weight excluding hydrogens is 531 g/mol. The van der Waals surface area contributed by atoms with Crippen molar-refractivity contribution in [2.24, 2.45) is 28.6 Å². The van der Waals surface area contributed by atoms with Crippen molar-refractivity contribution in [1.29, 1.82) is 5.26 Å². The van der Waals surface area contributed by atoms with Crippen LogP contribution in [0.5, 0.6) is 0 Å². The number of amides is 4. The van der Waals surface area contributed by atoms with Crippen LogP contribution in [-0.4, -0.2) is 71.2 Å². The molecule has 4 rings (SSSR count). The molecule has 2 heterocycles. The Morgan fingerprint density at radius 2 is 1.82 bits per heavy atom. The first-order chi connectivity index (χ1) is 18.3. The second kappa shape index (κ2) is 9.80. The molecule has 4 amide bonds. The number of nitriles is 1. The molecule has 2 aliphatic carbocycles. The van der Waals surface area contributed by atoms with Gasteiger partial charge in [0.05, 0.1) is 6.07 Å². The lowest BCUT2D eigenvalue weighted by Gasteiger charge is -2.37. The van der Waals surface area contributed by atoms with Gasteiger partial charge in [0, 0.05) is 18.0 Å². The van der Waals surface area contributed by atoms with E-state index in [2.05, 4.69) is 26.8 Å². The van der Waals surface area contributed by atoms with E-state index in [-0.39, 0.29) is 41.7 Å². The highest BCUT2D eigenvalue weighted by Crippen LogP contribution is 2.65. The van der Waals surface area contributed by atoms with Crippen LogP contribution >= 0.6 is 0 Å². The molecule has 0 unspecified atom stereocenters. The van der Waals surface area contributed by atoms with Crippen LogP contribution < -0.4 is 16.0 Å². The molecular formula is C27H38F3N5O5. The van der Waals surface area contributed by atoms with Gasteiger partial charge in [0.15, 0.2) is 6.10 Å². The van der Waals surface area contributed by atoms with Crippen LogP contribution in [0.4, 0.5) is 18.0 Å². The lowest BCUT2D eigenvalue weighted by molar-refractivity contribution is -0.197. The Bertz CT molecular complexity index is 1120. The fourth-order valence-electron chi connectivity index (χ4n) is 6.34. The first-order valence-electron chi connectivity index (χ1n) is 13.7. The van der Waals surface area contributed by atoms with Gasteiger partial charge in [-0.25, -0.2) is 4.79 Å². The van der Waals surface area contributed by atoms with E-state index >= 15 is 0 Å². The lowest BCUT2D eigenvalue weighted by Crippen LogP contribution is -2.60. The van der Waals surface area contributed by atoms with E-state index < -0.39 is 59.6 Å². The maximum atomic E-state index is 13.8. The summed E-state index contributed by atoms with van der Waals surface area (Å²) in [6, 6.07) is -1.09. The molecule has 0 bridgehead atoms. The van der Waals surface area contributed by atoms with E-state index in [4.69, 9.17) is 0 Å². The monoisotopic (exact) mass is 569 g/mol. The Hall–Kier alpha value is -3.04. The number of likely N-dealkylation sites (tertiary alicyclic amines) is 1. The summed E-state index contributed by atoms with van der Waals surface area (Å²) in [6.45, 7) is 9.81. The van der Waals surface area contributed by atoms with Gasteiger partial charge in [-0.2, -0.15) is 18.4 Å². The van der Waals surface area contributed by atoms with Crippen LogP contribution in [0.3, 0.4) is 0 Å². The molecule has 13 heteroatoms. The molecule has 7 atom stereocenters. The maximum Gasteiger partial charge on any atom is 0.425 e. The standard InChI is InChI=1S/C27H38F3N5O5/c1-13(27(28,29)30)40-23(39)33-19(24(2,3)4)22(38)35-12-16-17(25(16,5)6)18(35)21(37)32-15(11-31)9-14-10-26(7-8-26)34-20(14)36/h13-19H,7-10,12H2,1-6H3,(H,32,37)(H,33,39)(H,34,36)/t13-,14-,15+,16+,17+,18+,19-/m1/s1. The van der Waals surface area contributed by atoms with Gasteiger partial charge < -0.3 is 25.6 Å². The van der Waals surface area contributed by atoms with Crippen molar-refractivity contribution in [3.05, 3.63) is 0 Å². The summed E-state index contributed by atoms with van der Waals surface area (Å²) in [5, 5.41) is 17.8. The average molecular weight is 570 g/mol. The van der Waals surface area contributed by atoms with Crippen molar-refractivity contribution < 1.29 is 37.1 Å². The Balaban J connectivity index is 1.48. The third kappa shape index (κ3) is 5.72. The highest BCUT2D eigenvalue weighted by molar-refractivity contribution is 5.93. The van der Waals surface area contributed by atoms with Crippen LogP contribution in [0, 0.1) is 39.9 Å². The number of hydrogen-bond donors (Lipinski definition) is 3. The van der Waals surface area contributed by atoms with E-state index in [1.54, 1.807) is 20.8 Å². The number of rotatable bonds is 7. The van der Waals surface area contributed by atoms with Crippen molar-refractivity contribution in [3.8, 4) is 6.07 Å². The minimum Gasteiger partial charge on any atom is -0.437 e. The summed E-state index contributed by atoms with van der Waals surface area (Å²) in [6.07, 6.45) is -5.95. The number of hydrogen-bond acceptors (Lipinski definition) is 6. The molecule has 2 aliphatic heterocycles. The van der Waals surface area contributed by atoms with Crippen LogP contribution in [0.25, 0.3) is 0 Å². The molecule has 40 heavy (non-hydrogen) atoms. The number of ether oxygens (including phenoxy) is 1. The molecule has 4 aliphatic rings. The van der Waals surface area contributed by atoms with Crippen LogP contribution in [-0.2, 0) is 19.1 Å². The van der Waals surface area contributed by atoms with Gasteiger partial charge >= 0.3 is 12.3 Å². The molecule has 2 saturated heterocycles. The van der Waals surface area contributed by atoms with E-state index in [1.165, 1.54) is 4.90 Å². The first kappa shape index (κ1) is 29.9. The summed E-state index contributed by atoms with van der Waals surface area (Å²) >= 11 is 0. The molecule has 0 radical (unpaired) electrons. The van der Waals surface area contributed by atoms with Gasteiger partial charge in [0.25, 0.3) is 0 Å². The van der Waals surface area contributed by atoms with Crippen molar-refractivity contribution in [2.75, 3.05) is 6.54 Å². The number of fused-ring (bicyclic) bond motifs is 1. The van der Waals surface area contributed by atoms with Crippen LogP contribution in [0.1, 0.15) is 67.2 Å². The number of halogens is 3. The first-order valence-corrected chi connectivity index (χ1v) is 13.7. The summed E-state index contributed by atoms with van der Waals surface area (Å²) < 4.78 is 43.2. The molecule has 1 spiro atoms. The average Bonchev–Trinajstić information content (AvgIpc) is 3.54. The van der Waals surface area contributed by atoms with Crippen molar-refractivity contribution in [2.45, 2.75) is 103 Å². The zero-order valence-electron chi connectivity index (χ0n) is 23.6. The van der Waals surface area contributed by atoms with Gasteiger partial charge in [0.2, 0.25) is 17.7 Å². The topological polar surface area (TPSA) is 141 Å². The number of nitrogens with zero attached hydrogens (tertiary/aromatic N) is 2. The SMILES string of the molecule is C[C@@H](OC(=O)N[C@H](C(=O)N1C[C@H]2[C@@H]([C@H]1C(=O)N[C@H](C#N)C[C@@H]1CC3(CC3)NC1=O)C2(C)C)C(C)(C)C)C(F)(F)F. The van der Waals surface area contributed by atoms with Crippen LogP contribution in [0.2, 0.25) is 0 Å². The largest absolute Gasteiger partial charge is 0.437 e. The molecule has 10 nitrogen and oxygen atoms in total. The van der Waals surface area contributed by atoms with Crippen molar-refractivity contribution in [3.63, 3.8) is 0 Å². The molecule has 222 valence electrons. The Labute approximate surface area is 231 Å². The summed E-state index contributed by atoms with van der Waals surface area (Å²) in [5.41, 5.74) is -1.33. The predicted octanol–water partition coefficient (Wildman–Crippen LogP) is 2.63. The Morgan fingerprint density at radius 1 is 1.20 bits per heavy atom.